The molecule has 0 spiro atoms. The van der Waals surface area contributed by atoms with Crippen LogP contribution in [0.5, 0.6) is 11.5 Å². The Bertz CT molecular complexity index is 875. The first kappa shape index (κ1) is 17.2. The van der Waals surface area contributed by atoms with Crippen molar-refractivity contribution in [2.75, 3.05) is 7.11 Å². The van der Waals surface area contributed by atoms with Crippen LogP contribution in [0, 0.1) is 0 Å². The number of ether oxygens (including phenoxy) is 2. The molecule has 0 aromatic heterocycles. The van der Waals surface area contributed by atoms with Crippen LogP contribution < -0.4 is 14.8 Å². The molecule has 1 aliphatic rings. The minimum Gasteiger partial charge on any atom is -0.497 e. The third-order valence-electron chi connectivity index (χ3n) is 3.38. The van der Waals surface area contributed by atoms with E-state index in [-0.39, 0.29) is 5.91 Å². The highest BCUT2D eigenvalue weighted by Gasteiger charge is 2.22. The summed E-state index contributed by atoms with van der Waals surface area (Å²) >= 11 is 6.15. The van der Waals surface area contributed by atoms with Gasteiger partial charge in [-0.25, -0.2) is 4.79 Å². The average Bonchev–Trinajstić information content (AvgIpc) is 2.94. The van der Waals surface area contributed by atoms with Gasteiger partial charge in [-0.2, -0.15) is 0 Å². The van der Waals surface area contributed by atoms with E-state index in [0.29, 0.717) is 31.9 Å². The van der Waals surface area contributed by atoms with Crippen LogP contribution in [0.3, 0.4) is 0 Å². The van der Waals surface area contributed by atoms with Gasteiger partial charge < -0.3 is 14.8 Å². The number of rotatable bonds is 4. The number of hydrogen-bond donors (Lipinski definition) is 1. The number of esters is 1. The van der Waals surface area contributed by atoms with Crippen molar-refractivity contribution in [3.63, 3.8) is 0 Å². The molecule has 1 aliphatic heterocycles. The molecule has 1 N–H and O–H groups in total. The molecule has 0 saturated carbocycles. The maximum Gasteiger partial charge on any atom is 0.343 e. The van der Waals surface area contributed by atoms with Gasteiger partial charge in [0.2, 0.25) is 0 Å². The summed E-state index contributed by atoms with van der Waals surface area (Å²) in [7, 11) is 1.56. The maximum atomic E-state index is 12.3. The highest BCUT2D eigenvalue weighted by Crippen LogP contribution is 2.29. The van der Waals surface area contributed by atoms with Crippen LogP contribution in [0.4, 0.5) is 0 Å². The van der Waals surface area contributed by atoms with E-state index in [4.69, 9.17) is 21.7 Å². The number of benzene rings is 2. The van der Waals surface area contributed by atoms with E-state index in [0.717, 1.165) is 0 Å². The molecule has 5 nitrogen and oxygen atoms in total. The highest BCUT2D eigenvalue weighted by molar-refractivity contribution is 8.26. The third kappa shape index (κ3) is 4.07. The smallest absolute Gasteiger partial charge is 0.343 e. The molecule has 25 heavy (non-hydrogen) atoms. The van der Waals surface area contributed by atoms with Crippen LogP contribution in [0.15, 0.2) is 53.4 Å². The van der Waals surface area contributed by atoms with E-state index in [1.807, 2.05) is 0 Å². The van der Waals surface area contributed by atoms with Crippen LogP contribution in [0.2, 0.25) is 0 Å². The lowest BCUT2D eigenvalue weighted by molar-refractivity contribution is -0.115. The monoisotopic (exact) mass is 371 g/mol. The maximum absolute atomic E-state index is 12.3. The zero-order chi connectivity index (χ0) is 17.8. The number of amides is 1. The second-order valence-corrected chi connectivity index (χ2v) is 6.73. The molecule has 1 heterocycles. The first-order chi connectivity index (χ1) is 12.1. The van der Waals surface area contributed by atoms with Crippen molar-refractivity contribution in [3.8, 4) is 11.5 Å². The SMILES string of the molecule is COc1ccc(C(=O)Oc2ccccc2/C=C2\SC(=S)NC2=O)cc1. The van der Waals surface area contributed by atoms with E-state index in [1.165, 1.54) is 11.8 Å². The summed E-state index contributed by atoms with van der Waals surface area (Å²) in [5.74, 6) is 0.266. The number of nitrogens with one attached hydrogen (secondary N) is 1. The molecule has 2 aromatic rings. The van der Waals surface area contributed by atoms with Crippen LogP contribution in [0.25, 0.3) is 6.08 Å². The molecule has 2 aromatic carbocycles. The van der Waals surface area contributed by atoms with E-state index in [2.05, 4.69) is 5.32 Å². The number of thioether (sulfide) groups is 1. The number of methoxy groups -OCH3 is 1. The predicted molar refractivity (Wildman–Crippen MR) is 101 cm³/mol. The molecule has 126 valence electrons. The minimum absolute atomic E-state index is 0.258. The van der Waals surface area contributed by atoms with Gasteiger partial charge in [-0.3, -0.25) is 4.79 Å². The molecular weight excluding hydrogens is 358 g/mol. The van der Waals surface area contributed by atoms with E-state index >= 15 is 0 Å². The standard InChI is InChI=1S/C18H13NO4S2/c1-22-13-8-6-11(7-9-13)17(21)23-14-5-3-2-4-12(14)10-15-16(20)19-18(24)25-15/h2-10H,1H3,(H,19,20,24)/b15-10-. The summed E-state index contributed by atoms with van der Waals surface area (Å²) in [4.78, 5) is 24.6. The van der Waals surface area contributed by atoms with Gasteiger partial charge in [0.05, 0.1) is 17.6 Å². The fraction of sp³-hybridized carbons (Fsp3) is 0.0556. The molecule has 1 amide bonds. The molecule has 1 fully saturated rings. The molecule has 1 saturated heterocycles. The lowest BCUT2D eigenvalue weighted by Gasteiger charge is -2.08. The molecule has 3 rings (SSSR count). The molecule has 0 aliphatic carbocycles. The molecule has 0 unspecified atom stereocenters. The first-order valence-corrected chi connectivity index (χ1v) is 8.49. The Balaban J connectivity index is 1.83. The normalized spacial score (nSPS) is 15.2. The third-order valence-corrected chi connectivity index (χ3v) is 4.54. The fourth-order valence-electron chi connectivity index (χ4n) is 2.14. The molecule has 0 bridgehead atoms. The van der Waals surface area contributed by atoms with Gasteiger partial charge in [0.1, 0.15) is 15.8 Å². The van der Waals surface area contributed by atoms with Crippen LogP contribution >= 0.6 is 24.0 Å². The molecule has 0 atom stereocenters. The largest absolute Gasteiger partial charge is 0.497 e. The van der Waals surface area contributed by atoms with Crippen molar-refractivity contribution in [2.45, 2.75) is 0 Å². The van der Waals surface area contributed by atoms with Crippen molar-refractivity contribution in [3.05, 3.63) is 64.6 Å². The number of hydrogen-bond acceptors (Lipinski definition) is 6. The van der Waals surface area contributed by atoms with E-state index < -0.39 is 5.97 Å². The summed E-state index contributed by atoms with van der Waals surface area (Å²) in [5.41, 5.74) is 1.02. The Labute approximate surface area is 154 Å². The zero-order valence-electron chi connectivity index (χ0n) is 13.1. The Hall–Kier alpha value is -2.64. The molecule has 0 radical (unpaired) electrons. The van der Waals surface area contributed by atoms with Crippen molar-refractivity contribution < 1.29 is 19.1 Å². The van der Waals surface area contributed by atoms with Crippen molar-refractivity contribution in [2.24, 2.45) is 0 Å². The quantitative estimate of drug-likeness (QED) is 0.385. The number of carbonyl (C=O) groups is 2. The second kappa shape index (κ2) is 7.50. The lowest BCUT2D eigenvalue weighted by atomic mass is 10.1. The van der Waals surface area contributed by atoms with Gasteiger partial charge in [-0.05, 0) is 36.4 Å². The van der Waals surface area contributed by atoms with Crippen molar-refractivity contribution in [1.82, 2.24) is 5.32 Å². The second-order valence-electron chi connectivity index (χ2n) is 5.01. The minimum atomic E-state index is -0.493. The Morgan fingerprint density at radius 1 is 1.16 bits per heavy atom. The van der Waals surface area contributed by atoms with Gasteiger partial charge in [0, 0.05) is 5.56 Å². The first-order valence-electron chi connectivity index (χ1n) is 7.27. The summed E-state index contributed by atoms with van der Waals surface area (Å²) < 4.78 is 11.0. The van der Waals surface area contributed by atoms with Crippen LogP contribution in [0.1, 0.15) is 15.9 Å². The van der Waals surface area contributed by atoms with Gasteiger partial charge >= 0.3 is 5.97 Å². The molecular formula is C18H13NO4S2. The number of thiocarbonyl (C=S) groups is 1. The summed E-state index contributed by atoms with van der Waals surface area (Å²) in [6.07, 6.45) is 1.65. The van der Waals surface area contributed by atoms with Crippen molar-refractivity contribution in [1.29, 1.82) is 0 Å². The topological polar surface area (TPSA) is 64.6 Å². The van der Waals surface area contributed by atoms with Gasteiger partial charge in [0.15, 0.2) is 0 Å². The highest BCUT2D eigenvalue weighted by atomic mass is 32.2. The van der Waals surface area contributed by atoms with Gasteiger partial charge in [0.25, 0.3) is 5.91 Å². The average molecular weight is 371 g/mol. The summed E-state index contributed by atoms with van der Waals surface area (Å²) in [6.45, 7) is 0. The predicted octanol–water partition coefficient (Wildman–Crippen LogP) is 3.40. The fourth-order valence-corrected chi connectivity index (χ4v) is 3.18. The van der Waals surface area contributed by atoms with Crippen LogP contribution in [-0.4, -0.2) is 23.3 Å². The van der Waals surface area contributed by atoms with Gasteiger partial charge in [-0.15, -0.1) is 0 Å². The number of para-hydroxylation sites is 1. The van der Waals surface area contributed by atoms with Crippen molar-refractivity contribution >= 4 is 46.3 Å². The summed E-state index contributed by atoms with van der Waals surface area (Å²) in [6, 6.07) is 13.6. The van der Waals surface area contributed by atoms with E-state index in [9.17, 15) is 9.59 Å². The van der Waals surface area contributed by atoms with Crippen LogP contribution in [-0.2, 0) is 4.79 Å². The zero-order valence-corrected chi connectivity index (χ0v) is 14.8. The number of carbonyl (C=O) groups excluding carboxylic acids is 2. The Morgan fingerprint density at radius 2 is 1.88 bits per heavy atom. The molecule has 7 heteroatoms. The Kier molecular flexibility index (Phi) is 5.16. The Morgan fingerprint density at radius 3 is 2.52 bits per heavy atom. The summed E-state index contributed by atoms with van der Waals surface area (Å²) in [5, 5.41) is 2.55. The van der Waals surface area contributed by atoms with Gasteiger partial charge in [-0.1, -0.05) is 42.2 Å². The lowest BCUT2D eigenvalue weighted by Crippen LogP contribution is -2.17. The van der Waals surface area contributed by atoms with E-state index in [1.54, 1.807) is 61.7 Å².